The summed E-state index contributed by atoms with van der Waals surface area (Å²) >= 11 is 0. The molecule has 0 spiro atoms. The van der Waals surface area contributed by atoms with Crippen molar-refractivity contribution < 1.29 is 18.0 Å². The molecule has 2 fully saturated rings. The van der Waals surface area contributed by atoms with Gasteiger partial charge in [-0.25, -0.2) is 18.2 Å². The highest BCUT2D eigenvalue weighted by molar-refractivity contribution is 5.93. The zero-order chi connectivity index (χ0) is 17.6. The molecule has 0 saturated carbocycles. The molecule has 0 aliphatic carbocycles. The number of hydrogen-bond donors (Lipinski definition) is 1. The van der Waals surface area contributed by atoms with Gasteiger partial charge in [0, 0.05) is 31.6 Å². The fourth-order valence-corrected chi connectivity index (χ4v) is 3.96. The van der Waals surface area contributed by atoms with Crippen LogP contribution in [0, 0.1) is 29.3 Å². The van der Waals surface area contributed by atoms with Gasteiger partial charge in [0.2, 0.25) is 0 Å². The molecule has 1 aromatic carbocycles. The monoisotopic (exact) mass is 347 g/mol. The maximum Gasteiger partial charge on any atom is 0.276 e. The third-order valence-corrected chi connectivity index (χ3v) is 5.03. The topological polar surface area (TPSA) is 45.2 Å². The van der Waals surface area contributed by atoms with Gasteiger partial charge in [-0.05, 0) is 23.6 Å². The molecular weight excluding hydrogens is 331 g/mol. The molecule has 2 saturated heterocycles. The molecule has 3 heterocycles. The van der Waals surface area contributed by atoms with Crippen LogP contribution in [-0.4, -0.2) is 35.4 Å². The Labute approximate surface area is 142 Å². The highest BCUT2D eigenvalue weighted by atomic mass is 19.1. The zero-order valence-corrected chi connectivity index (χ0v) is 13.3. The molecule has 7 heteroatoms. The van der Waals surface area contributed by atoms with Gasteiger partial charge in [0.15, 0.2) is 11.5 Å². The van der Waals surface area contributed by atoms with E-state index >= 15 is 0 Å². The van der Waals surface area contributed by atoms with E-state index in [1.165, 1.54) is 17.0 Å². The molecule has 1 N–H and O–H groups in total. The number of halogens is 3. The average Bonchev–Trinajstić information content (AvgIpc) is 3.14. The summed E-state index contributed by atoms with van der Waals surface area (Å²) < 4.78 is 40.8. The molecule has 2 aliphatic rings. The summed E-state index contributed by atoms with van der Waals surface area (Å²) in [7, 11) is 0. The SMILES string of the molecule is O=C(c1ncc(F)cc1F)N1C[C@@H]2CNC[C@@H]2[C@@H]1c1cccc(F)c1. The fraction of sp³-hybridized carbons (Fsp3) is 0.333. The standard InChI is InChI=1S/C18H16F3N3O/c19-12-3-1-2-10(4-12)17-14-8-22-6-11(14)9-24(17)18(25)16-15(21)5-13(20)7-23-16/h1-5,7,11,14,17,22H,6,8-9H2/t11-,14-,17-/m0/s1. The van der Waals surface area contributed by atoms with Crippen LogP contribution >= 0.6 is 0 Å². The second-order valence-electron chi connectivity index (χ2n) is 6.52. The number of aromatic nitrogens is 1. The fourth-order valence-electron chi connectivity index (χ4n) is 3.96. The van der Waals surface area contributed by atoms with Crippen molar-refractivity contribution in [3.05, 3.63) is 65.2 Å². The Morgan fingerprint density at radius 1 is 1.16 bits per heavy atom. The van der Waals surface area contributed by atoms with E-state index in [0.29, 0.717) is 24.7 Å². The number of rotatable bonds is 2. The van der Waals surface area contributed by atoms with Crippen molar-refractivity contribution in [1.29, 1.82) is 0 Å². The predicted molar refractivity (Wildman–Crippen MR) is 84.2 cm³/mol. The summed E-state index contributed by atoms with van der Waals surface area (Å²) in [5.74, 6) is -2.47. The number of likely N-dealkylation sites (tertiary alicyclic amines) is 1. The number of nitrogens with zero attached hydrogens (tertiary/aromatic N) is 2. The summed E-state index contributed by atoms with van der Waals surface area (Å²) in [6.07, 6.45) is 0.825. The van der Waals surface area contributed by atoms with Crippen molar-refractivity contribution in [2.45, 2.75) is 6.04 Å². The lowest BCUT2D eigenvalue weighted by Crippen LogP contribution is -2.35. The van der Waals surface area contributed by atoms with Crippen LogP contribution in [0.25, 0.3) is 0 Å². The van der Waals surface area contributed by atoms with Gasteiger partial charge in [0.25, 0.3) is 5.91 Å². The minimum absolute atomic E-state index is 0.120. The average molecular weight is 347 g/mol. The minimum atomic E-state index is -0.988. The van der Waals surface area contributed by atoms with Crippen molar-refractivity contribution in [1.82, 2.24) is 15.2 Å². The predicted octanol–water partition coefficient (Wildman–Crippen LogP) is 2.53. The summed E-state index contributed by atoms with van der Waals surface area (Å²) in [6, 6.07) is 6.39. The second kappa shape index (κ2) is 6.15. The molecule has 4 rings (SSSR count). The Morgan fingerprint density at radius 2 is 2.00 bits per heavy atom. The molecular formula is C18H16F3N3O. The number of carbonyl (C=O) groups is 1. The summed E-state index contributed by atoms with van der Waals surface area (Å²) in [5, 5.41) is 3.29. The molecule has 3 atom stereocenters. The molecule has 0 unspecified atom stereocenters. The zero-order valence-electron chi connectivity index (χ0n) is 13.3. The molecule has 2 aromatic rings. The molecule has 0 radical (unpaired) electrons. The number of benzene rings is 1. The van der Waals surface area contributed by atoms with Crippen LogP contribution in [0.5, 0.6) is 0 Å². The number of carbonyl (C=O) groups excluding carboxylic acids is 1. The van der Waals surface area contributed by atoms with E-state index < -0.39 is 23.2 Å². The van der Waals surface area contributed by atoms with E-state index in [0.717, 1.165) is 12.7 Å². The van der Waals surface area contributed by atoms with E-state index in [4.69, 9.17) is 0 Å². The van der Waals surface area contributed by atoms with Gasteiger partial charge < -0.3 is 10.2 Å². The number of hydrogen-bond acceptors (Lipinski definition) is 3. The normalized spacial score (nSPS) is 25.2. The number of nitrogens with one attached hydrogen (secondary N) is 1. The molecule has 25 heavy (non-hydrogen) atoms. The summed E-state index contributed by atoms with van der Waals surface area (Å²) in [6.45, 7) is 1.88. The quantitative estimate of drug-likeness (QED) is 0.908. The second-order valence-corrected chi connectivity index (χ2v) is 6.52. The largest absolute Gasteiger partial charge is 0.329 e. The molecule has 1 aromatic heterocycles. The van der Waals surface area contributed by atoms with Crippen LogP contribution in [-0.2, 0) is 0 Å². The number of fused-ring (bicyclic) bond motifs is 1. The Balaban J connectivity index is 1.72. The lowest BCUT2D eigenvalue weighted by molar-refractivity contribution is 0.0702. The third-order valence-electron chi connectivity index (χ3n) is 5.03. The van der Waals surface area contributed by atoms with Gasteiger partial charge >= 0.3 is 0 Å². The molecule has 1 amide bonds. The van der Waals surface area contributed by atoms with E-state index in [2.05, 4.69) is 10.3 Å². The molecule has 4 nitrogen and oxygen atoms in total. The molecule has 130 valence electrons. The Hall–Kier alpha value is -2.41. The lowest BCUT2D eigenvalue weighted by Gasteiger charge is -2.28. The minimum Gasteiger partial charge on any atom is -0.329 e. The first-order chi connectivity index (χ1) is 12.0. The summed E-state index contributed by atoms with van der Waals surface area (Å²) in [5.41, 5.74) is 0.266. The van der Waals surface area contributed by atoms with E-state index in [1.807, 2.05) is 0 Å². The Bertz CT molecular complexity index is 829. The maximum atomic E-state index is 14.0. The van der Waals surface area contributed by atoms with Gasteiger partial charge in [0.05, 0.1) is 12.2 Å². The smallest absolute Gasteiger partial charge is 0.276 e. The van der Waals surface area contributed by atoms with E-state index in [9.17, 15) is 18.0 Å². The van der Waals surface area contributed by atoms with Crippen molar-refractivity contribution in [3.63, 3.8) is 0 Å². The van der Waals surface area contributed by atoms with Crippen LogP contribution in [0.2, 0.25) is 0 Å². The lowest BCUT2D eigenvalue weighted by atomic mass is 9.89. The maximum absolute atomic E-state index is 14.0. The van der Waals surface area contributed by atoms with Crippen molar-refractivity contribution in [2.75, 3.05) is 19.6 Å². The van der Waals surface area contributed by atoms with Gasteiger partial charge in [-0.2, -0.15) is 0 Å². The van der Waals surface area contributed by atoms with Gasteiger partial charge in [-0.3, -0.25) is 4.79 Å². The highest BCUT2D eigenvalue weighted by Crippen LogP contribution is 2.43. The third kappa shape index (κ3) is 2.78. The van der Waals surface area contributed by atoms with Crippen LogP contribution in [0.3, 0.4) is 0 Å². The van der Waals surface area contributed by atoms with Crippen LogP contribution in [0.1, 0.15) is 22.1 Å². The van der Waals surface area contributed by atoms with Crippen LogP contribution in [0.4, 0.5) is 13.2 Å². The number of pyridine rings is 1. The van der Waals surface area contributed by atoms with Gasteiger partial charge in [-0.1, -0.05) is 12.1 Å². The highest BCUT2D eigenvalue weighted by Gasteiger charge is 2.47. The number of amides is 1. The van der Waals surface area contributed by atoms with Crippen LogP contribution < -0.4 is 5.32 Å². The molecule has 2 aliphatic heterocycles. The first-order valence-electron chi connectivity index (χ1n) is 8.13. The van der Waals surface area contributed by atoms with E-state index in [1.54, 1.807) is 12.1 Å². The molecule has 0 bridgehead atoms. The van der Waals surface area contributed by atoms with Crippen molar-refractivity contribution in [2.24, 2.45) is 11.8 Å². The van der Waals surface area contributed by atoms with Crippen molar-refractivity contribution >= 4 is 5.91 Å². The summed E-state index contributed by atoms with van der Waals surface area (Å²) in [4.78, 5) is 18.0. The van der Waals surface area contributed by atoms with Gasteiger partial charge in [0.1, 0.15) is 11.6 Å². The first kappa shape index (κ1) is 16.1. The van der Waals surface area contributed by atoms with Crippen molar-refractivity contribution in [3.8, 4) is 0 Å². The van der Waals surface area contributed by atoms with Crippen LogP contribution in [0.15, 0.2) is 36.5 Å². The Morgan fingerprint density at radius 3 is 2.76 bits per heavy atom. The first-order valence-corrected chi connectivity index (χ1v) is 8.13. The van der Waals surface area contributed by atoms with E-state index in [-0.39, 0.29) is 23.7 Å². The Kier molecular flexibility index (Phi) is 3.95. The van der Waals surface area contributed by atoms with Gasteiger partial charge in [-0.15, -0.1) is 0 Å².